The fourth-order valence-electron chi connectivity index (χ4n) is 3.01. The summed E-state index contributed by atoms with van der Waals surface area (Å²) in [6.45, 7) is 5.72. The Morgan fingerprint density at radius 2 is 1.52 bits per heavy atom. The van der Waals surface area contributed by atoms with Crippen LogP contribution in [0.3, 0.4) is 0 Å². The first-order valence-electron chi connectivity index (χ1n) is 8.34. The third-order valence-electron chi connectivity index (χ3n) is 4.32. The molecular weight excluding hydrogens is 387 g/mol. The molecule has 5 nitrogen and oxygen atoms in total. The molecule has 0 saturated carbocycles. The van der Waals surface area contributed by atoms with E-state index in [4.69, 9.17) is 23.2 Å². The van der Waals surface area contributed by atoms with Gasteiger partial charge >= 0.3 is 0 Å². The zero-order valence-electron chi connectivity index (χ0n) is 15.1. The molecule has 0 spiro atoms. The Hall–Kier alpha value is -2.37. The minimum atomic E-state index is -0.562. The van der Waals surface area contributed by atoms with Crippen molar-refractivity contribution in [3.63, 3.8) is 0 Å². The van der Waals surface area contributed by atoms with Crippen molar-refractivity contribution in [2.24, 2.45) is 0 Å². The topological polar surface area (TPSA) is 66.5 Å². The zero-order chi connectivity index (χ0) is 19.9. The standard InChI is InChI=1S/C20H18Cl2N2O3/c1-20(2,3)13-6-4-5-7-16(13)23-17(25)10-24-18(26)11-8-14(21)15(22)9-12(11)19(24)27/h4-9H,10H2,1-3H3,(H,23,25). The number of hydrogen-bond acceptors (Lipinski definition) is 3. The van der Waals surface area contributed by atoms with Crippen LogP contribution in [-0.4, -0.2) is 29.2 Å². The number of rotatable bonds is 3. The van der Waals surface area contributed by atoms with Crippen LogP contribution in [0, 0.1) is 0 Å². The highest BCUT2D eigenvalue weighted by atomic mass is 35.5. The van der Waals surface area contributed by atoms with E-state index in [1.54, 1.807) is 6.07 Å². The van der Waals surface area contributed by atoms with Gasteiger partial charge in [-0.25, -0.2) is 0 Å². The van der Waals surface area contributed by atoms with Crippen molar-refractivity contribution in [2.75, 3.05) is 11.9 Å². The minimum absolute atomic E-state index is 0.150. The summed E-state index contributed by atoms with van der Waals surface area (Å²) in [5.41, 5.74) is 1.74. The zero-order valence-corrected chi connectivity index (χ0v) is 16.6. The van der Waals surface area contributed by atoms with Crippen LogP contribution in [0.2, 0.25) is 10.0 Å². The molecule has 2 aromatic rings. The van der Waals surface area contributed by atoms with Crippen molar-refractivity contribution >= 4 is 46.6 Å². The summed E-state index contributed by atoms with van der Waals surface area (Å²) in [5, 5.41) is 3.16. The summed E-state index contributed by atoms with van der Waals surface area (Å²) < 4.78 is 0. The molecule has 0 atom stereocenters. The molecule has 3 amide bonds. The van der Waals surface area contributed by atoms with Gasteiger partial charge in [-0.3, -0.25) is 19.3 Å². The van der Waals surface area contributed by atoms with Gasteiger partial charge in [-0.1, -0.05) is 62.2 Å². The second kappa shape index (κ2) is 6.98. The van der Waals surface area contributed by atoms with Crippen LogP contribution < -0.4 is 5.32 Å². The summed E-state index contributed by atoms with van der Waals surface area (Å²) in [6, 6.07) is 10.1. The van der Waals surface area contributed by atoms with Crippen molar-refractivity contribution in [2.45, 2.75) is 26.2 Å². The van der Waals surface area contributed by atoms with E-state index in [9.17, 15) is 14.4 Å². The number of amides is 3. The number of para-hydroxylation sites is 1. The van der Waals surface area contributed by atoms with Gasteiger partial charge in [-0.05, 0) is 29.2 Å². The number of halogens is 2. The van der Waals surface area contributed by atoms with E-state index in [2.05, 4.69) is 5.32 Å². The van der Waals surface area contributed by atoms with E-state index in [0.717, 1.165) is 10.5 Å². The molecule has 0 fully saturated rings. The van der Waals surface area contributed by atoms with Crippen LogP contribution in [0.5, 0.6) is 0 Å². The molecular formula is C20H18Cl2N2O3. The number of carbonyl (C=O) groups excluding carboxylic acids is 3. The van der Waals surface area contributed by atoms with Gasteiger partial charge in [-0.15, -0.1) is 0 Å². The minimum Gasteiger partial charge on any atom is -0.324 e. The van der Waals surface area contributed by atoms with Gasteiger partial charge in [0.05, 0.1) is 21.2 Å². The van der Waals surface area contributed by atoms with Gasteiger partial charge in [0.25, 0.3) is 11.8 Å². The van der Waals surface area contributed by atoms with E-state index in [0.29, 0.717) is 5.69 Å². The van der Waals surface area contributed by atoms with Gasteiger partial charge in [0.1, 0.15) is 6.54 Å². The van der Waals surface area contributed by atoms with E-state index in [-0.39, 0.29) is 33.1 Å². The SMILES string of the molecule is CC(C)(C)c1ccccc1NC(=O)CN1C(=O)c2cc(Cl)c(Cl)cc2C1=O. The summed E-state index contributed by atoms with van der Waals surface area (Å²) in [5.74, 6) is -1.58. The lowest BCUT2D eigenvalue weighted by molar-refractivity contribution is -0.116. The van der Waals surface area contributed by atoms with E-state index in [1.807, 2.05) is 39.0 Å². The molecule has 7 heteroatoms. The molecule has 2 aromatic carbocycles. The Balaban J connectivity index is 1.80. The van der Waals surface area contributed by atoms with Gasteiger partial charge in [0.15, 0.2) is 0 Å². The van der Waals surface area contributed by atoms with Crippen molar-refractivity contribution < 1.29 is 14.4 Å². The summed E-state index contributed by atoms with van der Waals surface area (Å²) in [4.78, 5) is 38.4. The fourth-order valence-corrected chi connectivity index (χ4v) is 3.33. The fraction of sp³-hybridized carbons (Fsp3) is 0.250. The summed E-state index contributed by atoms with van der Waals surface area (Å²) >= 11 is 11.9. The third kappa shape index (κ3) is 3.70. The number of nitrogens with zero attached hydrogens (tertiary/aromatic N) is 1. The second-order valence-electron chi connectivity index (χ2n) is 7.35. The van der Waals surface area contributed by atoms with Crippen LogP contribution in [-0.2, 0) is 10.2 Å². The average molecular weight is 405 g/mol. The molecule has 1 aliphatic rings. The number of benzene rings is 2. The molecule has 1 N–H and O–H groups in total. The van der Waals surface area contributed by atoms with Gasteiger partial charge in [0, 0.05) is 5.69 Å². The lowest BCUT2D eigenvalue weighted by atomic mass is 9.86. The average Bonchev–Trinajstić information content (AvgIpc) is 2.80. The largest absolute Gasteiger partial charge is 0.324 e. The molecule has 0 aromatic heterocycles. The lowest BCUT2D eigenvalue weighted by Crippen LogP contribution is -2.37. The van der Waals surface area contributed by atoms with E-state index in [1.165, 1.54) is 12.1 Å². The van der Waals surface area contributed by atoms with Crippen LogP contribution in [0.15, 0.2) is 36.4 Å². The second-order valence-corrected chi connectivity index (χ2v) is 8.17. The number of imide groups is 1. The van der Waals surface area contributed by atoms with E-state index < -0.39 is 17.7 Å². The molecule has 0 saturated heterocycles. The predicted octanol–water partition coefficient (Wildman–Crippen LogP) is 4.53. The molecule has 27 heavy (non-hydrogen) atoms. The van der Waals surface area contributed by atoms with Crippen LogP contribution in [0.4, 0.5) is 5.69 Å². The van der Waals surface area contributed by atoms with Gasteiger partial charge in [-0.2, -0.15) is 0 Å². The highest BCUT2D eigenvalue weighted by molar-refractivity contribution is 6.43. The lowest BCUT2D eigenvalue weighted by Gasteiger charge is -2.23. The van der Waals surface area contributed by atoms with Crippen molar-refractivity contribution in [3.8, 4) is 0 Å². The van der Waals surface area contributed by atoms with Crippen molar-refractivity contribution in [1.29, 1.82) is 0 Å². The maximum absolute atomic E-state index is 12.5. The number of anilines is 1. The third-order valence-corrected chi connectivity index (χ3v) is 5.04. The van der Waals surface area contributed by atoms with Crippen molar-refractivity contribution in [1.82, 2.24) is 4.90 Å². The maximum Gasteiger partial charge on any atom is 0.262 e. The number of nitrogens with one attached hydrogen (secondary N) is 1. The highest BCUT2D eigenvalue weighted by Crippen LogP contribution is 2.32. The van der Waals surface area contributed by atoms with E-state index >= 15 is 0 Å². The highest BCUT2D eigenvalue weighted by Gasteiger charge is 2.37. The normalized spacial score (nSPS) is 13.7. The first-order valence-corrected chi connectivity index (χ1v) is 9.10. The first-order chi connectivity index (χ1) is 12.6. The number of hydrogen-bond donors (Lipinski definition) is 1. The quantitative estimate of drug-likeness (QED) is 0.764. The van der Waals surface area contributed by atoms with Crippen LogP contribution >= 0.6 is 23.2 Å². The molecule has 140 valence electrons. The molecule has 1 heterocycles. The first kappa shape index (κ1) is 19.4. The van der Waals surface area contributed by atoms with Crippen LogP contribution in [0.1, 0.15) is 47.1 Å². The maximum atomic E-state index is 12.5. The summed E-state index contributed by atoms with van der Waals surface area (Å²) in [7, 11) is 0. The Kier molecular flexibility index (Phi) is 5.02. The molecule has 0 unspecified atom stereocenters. The van der Waals surface area contributed by atoms with Crippen molar-refractivity contribution in [3.05, 3.63) is 63.1 Å². The molecule has 0 radical (unpaired) electrons. The Labute approximate surface area is 167 Å². The Morgan fingerprint density at radius 3 is 2.04 bits per heavy atom. The molecule has 0 bridgehead atoms. The Morgan fingerprint density at radius 1 is 1.00 bits per heavy atom. The molecule has 0 aliphatic carbocycles. The number of fused-ring (bicyclic) bond motifs is 1. The smallest absolute Gasteiger partial charge is 0.262 e. The summed E-state index contributed by atoms with van der Waals surface area (Å²) in [6.07, 6.45) is 0. The number of carbonyl (C=O) groups is 3. The Bertz CT molecular complexity index is 923. The van der Waals surface area contributed by atoms with Gasteiger partial charge < -0.3 is 5.32 Å². The van der Waals surface area contributed by atoms with Crippen LogP contribution in [0.25, 0.3) is 0 Å². The van der Waals surface area contributed by atoms with Gasteiger partial charge in [0.2, 0.25) is 5.91 Å². The molecule has 3 rings (SSSR count). The monoisotopic (exact) mass is 404 g/mol. The predicted molar refractivity (Wildman–Crippen MR) is 106 cm³/mol. The molecule has 1 aliphatic heterocycles.